The maximum atomic E-state index is 11.5. The van der Waals surface area contributed by atoms with Crippen LogP contribution < -0.4 is 16.0 Å². The Labute approximate surface area is 130 Å². The van der Waals surface area contributed by atoms with Crippen LogP contribution >= 0.6 is 0 Å². The van der Waals surface area contributed by atoms with Crippen molar-refractivity contribution in [2.45, 2.75) is 57.8 Å². The first-order valence-corrected chi connectivity index (χ1v) is 7.45. The number of carboxylic acid groups (broad SMARTS) is 1. The lowest BCUT2D eigenvalue weighted by molar-refractivity contribution is -0.139. The minimum absolute atomic E-state index is 0.0965. The molecule has 0 radical (unpaired) electrons. The van der Waals surface area contributed by atoms with Gasteiger partial charge in [-0.05, 0) is 18.8 Å². The van der Waals surface area contributed by atoms with Crippen molar-refractivity contribution in [1.29, 1.82) is 0 Å². The highest BCUT2D eigenvalue weighted by Crippen LogP contribution is 2.26. The number of aliphatic carboxylic acids is 1. The van der Waals surface area contributed by atoms with E-state index in [0.717, 1.165) is 0 Å². The summed E-state index contributed by atoms with van der Waals surface area (Å²) < 4.78 is 0. The Hall–Kier alpha value is -1.89. The van der Waals surface area contributed by atoms with Crippen LogP contribution in [0.25, 0.3) is 0 Å². The smallest absolute Gasteiger partial charge is 0.320 e. The molecule has 0 spiro atoms. The first-order valence-electron chi connectivity index (χ1n) is 7.45. The van der Waals surface area contributed by atoms with Crippen LogP contribution in [-0.4, -0.2) is 47.1 Å². The molecule has 7 heteroatoms. The predicted molar refractivity (Wildman–Crippen MR) is 82.2 cm³/mol. The third kappa shape index (κ3) is 4.56. The van der Waals surface area contributed by atoms with Crippen molar-refractivity contribution < 1.29 is 19.5 Å². The van der Waals surface area contributed by atoms with Gasteiger partial charge in [0.25, 0.3) is 0 Å². The Morgan fingerprint density at radius 1 is 1.32 bits per heavy atom. The van der Waals surface area contributed by atoms with Gasteiger partial charge >= 0.3 is 5.97 Å². The van der Waals surface area contributed by atoms with Crippen molar-refractivity contribution >= 4 is 17.8 Å². The lowest BCUT2D eigenvalue weighted by Crippen LogP contribution is -2.60. The minimum atomic E-state index is -0.927. The second-order valence-corrected chi connectivity index (χ2v) is 5.66. The highest BCUT2D eigenvalue weighted by Gasteiger charge is 2.42. The molecule has 0 saturated carbocycles. The molecule has 1 aliphatic rings. The number of hydrogen-bond acceptors (Lipinski definition) is 4. The van der Waals surface area contributed by atoms with Gasteiger partial charge in [-0.25, -0.2) is 0 Å². The van der Waals surface area contributed by atoms with Crippen LogP contribution in [0.3, 0.4) is 0 Å². The van der Waals surface area contributed by atoms with E-state index in [4.69, 9.17) is 0 Å². The number of hydrogen-bond donors (Lipinski definition) is 4. The SMILES string of the molecule is C=C[C@@H]1C[C@H](C(=O)O)N[C@H]1[C@@H](NC(C)=O)C(CC)NC(C)=O. The van der Waals surface area contributed by atoms with Crippen molar-refractivity contribution in [3.8, 4) is 0 Å². The molecule has 0 bridgehead atoms. The van der Waals surface area contributed by atoms with E-state index < -0.39 is 18.1 Å². The van der Waals surface area contributed by atoms with Gasteiger partial charge in [-0.2, -0.15) is 0 Å². The molecule has 7 nitrogen and oxygen atoms in total. The minimum Gasteiger partial charge on any atom is -0.480 e. The molecule has 1 rings (SSSR count). The van der Waals surface area contributed by atoms with Crippen molar-refractivity contribution in [3.05, 3.63) is 12.7 Å². The van der Waals surface area contributed by atoms with Crippen LogP contribution in [0, 0.1) is 5.92 Å². The van der Waals surface area contributed by atoms with E-state index in [1.807, 2.05) is 6.92 Å². The monoisotopic (exact) mass is 311 g/mol. The third-order valence-electron chi connectivity index (χ3n) is 3.98. The number of nitrogens with one attached hydrogen (secondary N) is 3. The second kappa shape index (κ2) is 7.93. The number of carbonyl (C=O) groups is 3. The van der Waals surface area contributed by atoms with E-state index >= 15 is 0 Å². The molecule has 4 N–H and O–H groups in total. The molecule has 1 saturated heterocycles. The Morgan fingerprint density at radius 3 is 2.32 bits per heavy atom. The van der Waals surface area contributed by atoms with E-state index in [9.17, 15) is 19.5 Å². The van der Waals surface area contributed by atoms with Crippen LogP contribution in [0.15, 0.2) is 12.7 Å². The van der Waals surface area contributed by atoms with Gasteiger partial charge in [0.05, 0.1) is 12.1 Å². The number of carbonyl (C=O) groups excluding carboxylic acids is 2. The summed E-state index contributed by atoms with van der Waals surface area (Å²) in [6, 6.07) is -1.66. The van der Waals surface area contributed by atoms with Crippen LogP contribution in [0.4, 0.5) is 0 Å². The number of rotatable bonds is 7. The molecule has 1 unspecified atom stereocenters. The lowest BCUT2D eigenvalue weighted by Gasteiger charge is -2.34. The highest BCUT2D eigenvalue weighted by molar-refractivity contribution is 5.76. The van der Waals surface area contributed by atoms with Gasteiger partial charge in [0, 0.05) is 19.9 Å². The summed E-state index contributed by atoms with van der Waals surface area (Å²) in [5, 5.41) is 17.9. The van der Waals surface area contributed by atoms with Gasteiger partial charge in [0.2, 0.25) is 11.8 Å². The normalized spacial score (nSPS) is 26.8. The molecule has 0 aliphatic carbocycles. The fourth-order valence-electron chi connectivity index (χ4n) is 3.01. The van der Waals surface area contributed by atoms with Crippen LogP contribution in [0.2, 0.25) is 0 Å². The molecule has 0 aromatic heterocycles. The molecule has 0 aromatic rings. The summed E-state index contributed by atoms with van der Waals surface area (Å²) in [4.78, 5) is 34.1. The highest BCUT2D eigenvalue weighted by atomic mass is 16.4. The molecular formula is C15H25N3O4. The van der Waals surface area contributed by atoms with Crippen molar-refractivity contribution in [2.24, 2.45) is 5.92 Å². The van der Waals surface area contributed by atoms with Crippen LogP contribution in [0.1, 0.15) is 33.6 Å². The van der Waals surface area contributed by atoms with Crippen LogP contribution in [0.5, 0.6) is 0 Å². The first-order chi connectivity index (χ1) is 10.3. The zero-order valence-corrected chi connectivity index (χ0v) is 13.3. The van der Waals surface area contributed by atoms with E-state index in [1.54, 1.807) is 6.08 Å². The Morgan fingerprint density at radius 2 is 1.91 bits per heavy atom. The summed E-state index contributed by atoms with van der Waals surface area (Å²) in [5.41, 5.74) is 0. The summed E-state index contributed by atoms with van der Waals surface area (Å²) in [7, 11) is 0. The van der Waals surface area contributed by atoms with Gasteiger partial charge in [-0.1, -0.05) is 13.0 Å². The fraction of sp³-hybridized carbons (Fsp3) is 0.667. The topological polar surface area (TPSA) is 108 Å². The van der Waals surface area contributed by atoms with E-state index in [-0.39, 0.29) is 29.8 Å². The summed E-state index contributed by atoms with van der Waals surface area (Å²) in [5.74, 6) is -1.44. The van der Waals surface area contributed by atoms with Crippen molar-refractivity contribution in [1.82, 2.24) is 16.0 Å². The third-order valence-corrected chi connectivity index (χ3v) is 3.98. The second-order valence-electron chi connectivity index (χ2n) is 5.66. The van der Waals surface area contributed by atoms with Crippen LogP contribution in [-0.2, 0) is 14.4 Å². The van der Waals surface area contributed by atoms with E-state index in [1.165, 1.54) is 13.8 Å². The maximum absolute atomic E-state index is 11.5. The Kier molecular flexibility index (Phi) is 6.55. The average Bonchev–Trinajstić information content (AvgIpc) is 2.86. The van der Waals surface area contributed by atoms with Crippen molar-refractivity contribution in [3.63, 3.8) is 0 Å². The number of amides is 2. The summed E-state index contributed by atoms with van der Waals surface area (Å²) in [6.45, 7) is 8.49. The largest absolute Gasteiger partial charge is 0.480 e. The van der Waals surface area contributed by atoms with Gasteiger partial charge in [-0.3, -0.25) is 19.7 Å². The first kappa shape index (κ1) is 18.2. The molecule has 2 amide bonds. The van der Waals surface area contributed by atoms with Gasteiger partial charge in [0.1, 0.15) is 6.04 Å². The van der Waals surface area contributed by atoms with Gasteiger partial charge < -0.3 is 15.7 Å². The fourth-order valence-corrected chi connectivity index (χ4v) is 3.01. The van der Waals surface area contributed by atoms with Gasteiger partial charge in [-0.15, -0.1) is 6.58 Å². The lowest BCUT2D eigenvalue weighted by atomic mass is 9.88. The molecule has 5 atom stereocenters. The summed E-state index contributed by atoms with van der Waals surface area (Å²) >= 11 is 0. The molecule has 0 aromatic carbocycles. The quantitative estimate of drug-likeness (QED) is 0.496. The summed E-state index contributed by atoms with van der Waals surface area (Å²) in [6.07, 6.45) is 2.73. The van der Waals surface area contributed by atoms with Gasteiger partial charge in [0.15, 0.2) is 0 Å². The van der Waals surface area contributed by atoms with Crippen molar-refractivity contribution in [2.75, 3.05) is 0 Å². The molecular weight excluding hydrogens is 286 g/mol. The molecule has 124 valence electrons. The predicted octanol–water partition coefficient (Wildman–Crippen LogP) is 0.0231. The zero-order valence-electron chi connectivity index (χ0n) is 13.3. The maximum Gasteiger partial charge on any atom is 0.320 e. The molecule has 1 aliphatic heterocycles. The average molecular weight is 311 g/mol. The molecule has 22 heavy (non-hydrogen) atoms. The Balaban J connectivity index is 3.02. The number of carboxylic acids is 1. The molecule has 1 fully saturated rings. The molecule has 1 heterocycles. The van der Waals surface area contributed by atoms with E-state index in [0.29, 0.717) is 12.8 Å². The van der Waals surface area contributed by atoms with E-state index in [2.05, 4.69) is 22.5 Å². The standard InChI is InChI=1S/C15H25N3O4/c1-5-10-7-12(15(21)22)18-13(10)14(17-9(4)20)11(6-2)16-8(3)19/h5,10-14,18H,1,6-7H2,2-4H3,(H,16,19)(H,17,20)(H,21,22)/t10-,11?,12-,13-,14+/m1/s1. The zero-order chi connectivity index (χ0) is 16.9. The Bertz CT molecular complexity index is 452.